The fourth-order valence-electron chi connectivity index (χ4n) is 0.725. The molecule has 0 aliphatic carbocycles. The summed E-state index contributed by atoms with van der Waals surface area (Å²) in [6.07, 6.45) is -11.0. The molecule has 0 aliphatic rings. The molecule has 5 heteroatoms. The second-order valence-electron chi connectivity index (χ2n) is 2.49. The minimum atomic E-state index is -4.63. The van der Waals surface area contributed by atoms with E-state index in [2.05, 4.69) is 6.92 Å². The Morgan fingerprint density at radius 3 is 1.92 bits per heavy atom. The van der Waals surface area contributed by atoms with Crippen LogP contribution in [0.1, 0.15) is 19.3 Å². The lowest BCUT2D eigenvalue weighted by Gasteiger charge is -2.14. The lowest BCUT2D eigenvalue weighted by atomic mass is 10.1. The van der Waals surface area contributed by atoms with Crippen LogP contribution in [0.3, 0.4) is 0 Å². The van der Waals surface area contributed by atoms with E-state index in [1.165, 1.54) is 0 Å². The van der Waals surface area contributed by atoms with E-state index >= 15 is 0 Å². The standard InChI is InChI=1S/C7H10F5/c1-2-3-5(8)6(9)4-7(10,11)12/h5-6H,1-4H2/t5?,6-/m0/s1. The maximum absolute atomic E-state index is 12.4. The number of rotatable bonds is 4. The number of alkyl halides is 5. The fraction of sp³-hybridized carbons (Fsp3) is 0.857. The van der Waals surface area contributed by atoms with Gasteiger partial charge in [-0.3, -0.25) is 0 Å². The van der Waals surface area contributed by atoms with E-state index in [1.807, 2.05) is 0 Å². The van der Waals surface area contributed by atoms with Crippen molar-refractivity contribution in [1.29, 1.82) is 0 Å². The Bertz CT molecular complexity index is 119. The van der Waals surface area contributed by atoms with Gasteiger partial charge >= 0.3 is 6.18 Å². The van der Waals surface area contributed by atoms with E-state index in [9.17, 15) is 22.0 Å². The van der Waals surface area contributed by atoms with Crippen LogP contribution in [0.4, 0.5) is 22.0 Å². The predicted molar refractivity (Wildman–Crippen MR) is 35.1 cm³/mol. The van der Waals surface area contributed by atoms with Crippen LogP contribution in [0.2, 0.25) is 0 Å². The molecule has 0 aromatic rings. The molecule has 12 heavy (non-hydrogen) atoms. The Balaban J connectivity index is 3.78. The van der Waals surface area contributed by atoms with Crippen molar-refractivity contribution in [2.75, 3.05) is 0 Å². The first-order valence-electron chi connectivity index (χ1n) is 3.51. The first-order chi connectivity index (χ1) is 5.37. The van der Waals surface area contributed by atoms with E-state index < -0.39 is 24.9 Å². The Morgan fingerprint density at radius 1 is 1.08 bits per heavy atom. The summed E-state index contributed by atoms with van der Waals surface area (Å²) in [5.74, 6) is 0. The SMILES string of the molecule is [CH2]CCC(F)[C@@H](F)CC(F)(F)F. The lowest BCUT2D eigenvalue weighted by Crippen LogP contribution is -2.24. The second kappa shape index (κ2) is 4.62. The van der Waals surface area contributed by atoms with Crippen LogP contribution in [0, 0.1) is 6.92 Å². The van der Waals surface area contributed by atoms with Crippen molar-refractivity contribution < 1.29 is 22.0 Å². The van der Waals surface area contributed by atoms with Crippen LogP contribution in [-0.4, -0.2) is 18.5 Å². The summed E-state index contributed by atoms with van der Waals surface area (Å²) in [6.45, 7) is 3.22. The average Bonchev–Trinajstić information content (AvgIpc) is 1.84. The molecule has 0 heterocycles. The highest BCUT2D eigenvalue weighted by atomic mass is 19.4. The summed E-state index contributed by atoms with van der Waals surface area (Å²) in [7, 11) is 0. The third kappa shape index (κ3) is 5.32. The van der Waals surface area contributed by atoms with Crippen LogP contribution >= 0.6 is 0 Å². The molecule has 0 aromatic heterocycles. The van der Waals surface area contributed by atoms with Gasteiger partial charge < -0.3 is 0 Å². The molecule has 73 valence electrons. The largest absolute Gasteiger partial charge is 0.392 e. The zero-order chi connectivity index (χ0) is 9.78. The third-order valence-corrected chi connectivity index (χ3v) is 1.30. The molecule has 1 radical (unpaired) electrons. The molecule has 0 spiro atoms. The number of hydrogen-bond donors (Lipinski definition) is 0. The molecular formula is C7H10F5. The van der Waals surface area contributed by atoms with Crippen LogP contribution in [0.5, 0.6) is 0 Å². The molecule has 0 fully saturated rings. The average molecular weight is 189 g/mol. The highest BCUT2D eigenvalue weighted by molar-refractivity contribution is 4.71. The van der Waals surface area contributed by atoms with Crippen molar-refractivity contribution in [2.24, 2.45) is 0 Å². The van der Waals surface area contributed by atoms with Gasteiger partial charge in [0.25, 0.3) is 0 Å². The normalized spacial score (nSPS) is 17.5. The fourth-order valence-corrected chi connectivity index (χ4v) is 0.725. The van der Waals surface area contributed by atoms with Gasteiger partial charge in [-0.1, -0.05) is 13.3 Å². The summed E-state index contributed by atoms with van der Waals surface area (Å²) in [4.78, 5) is 0. The highest BCUT2D eigenvalue weighted by Crippen LogP contribution is 2.26. The van der Waals surface area contributed by atoms with E-state index in [-0.39, 0.29) is 12.8 Å². The van der Waals surface area contributed by atoms with Crippen LogP contribution in [0.15, 0.2) is 0 Å². The number of halogens is 5. The van der Waals surface area contributed by atoms with E-state index in [0.717, 1.165) is 0 Å². The lowest BCUT2D eigenvalue weighted by molar-refractivity contribution is -0.151. The summed E-state index contributed by atoms with van der Waals surface area (Å²) in [5.41, 5.74) is 0. The molecule has 0 rings (SSSR count). The molecule has 0 aromatic carbocycles. The second-order valence-corrected chi connectivity index (χ2v) is 2.49. The van der Waals surface area contributed by atoms with E-state index in [4.69, 9.17) is 0 Å². The van der Waals surface area contributed by atoms with Crippen LogP contribution < -0.4 is 0 Å². The van der Waals surface area contributed by atoms with Crippen LogP contribution in [0.25, 0.3) is 0 Å². The zero-order valence-corrected chi connectivity index (χ0v) is 6.37. The Morgan fingerprint density at radius 2 is 1.58 bits per heavy atom. The first-order valence-corrected chi connectivity index (χ1v) is 3.51. The van der Waals surface area contributed by atoms with Gasteiger partial charge in [0.1, 0.15) is 12.3 Å². The highest BCUT2D eigenvalue weighted by Gasteiger charge is 2.35. The van der Waals surface area contributed by atoms with E-state index in [0.29, 0.717) is 0 Å². The van der Waals surface area contributed by atoms with Gasteiger partial charge in [0.2, 0.25) is 0 Å². The van der Waals surface area contributed by atoms with Gasteiger partial charge in [-0.25, -0.2) is 8.78 Å². The molecule has 0 amide bonds. The summed E-state index contributed by atoms with van der Waals surface area (Å²) in [6, 6.07) is 0. The maximum Gasteiger partial charge on any atom is 0.392 e. The van der Waals surface area contributed by atoms with Crippen molar-refractivity contribution in [3.63, 3.8) is 0 Å². The van der Waals surface area contributed by atoms with Gasteiger partial charge in [-0.05, 0) is 6.42 Å². The summed E-state index contributed by atoms with van der Waals surface area (Å²) >= 11 is 0. The van der Waals surface area contributed by atoms with Crippen molar-refractivity contribution in [1.82, 2.24) is 0 Å². The topological polar surface area (TPSA) is 0 Å². The van der Waals surface area contributed by atoms with Crippen LogP contribution in [-0.2, 0) is 0 Å². The molecule has 0 saturated carbocycles. The quantitative estimate of drug-likeness (QED) is 0.595. The Hall–Kier alpha value is -0.350. The minimum Gasteiger partial charge on any atom is -0.244 e. The van der Waals surface area contributed by atoms with E-state index in [1.54, 1.807) is 0 Å². The Labute approximate surface area is 67.8 Å². The zero-order valence-electron chi connectivity index (χ0n) is 6.37. The Kier molecular flexibility index (Phi) is 4.49. The minimum absolute atomic E-state index is 0.0967. The van der Waals surface area contributed by atoms with Crippen molar-refractivity contribution in [2.45, 2.75) is 37.8 Å². The van der Waals surface area contributed by atoms with Crippen molar-refractivity contribution in [3.8, 4) is 0 Å². The third-order valence-electron chi connectivity index (χ3n) is 1.30. The molecule has 1 unspecified atom stereocenters. The monoisotopic (exact) mass is 189 g/mol. The van der Waals surface area contributed by atoms with Gasteiger partial charge in [0, 0.05) is 0 Å². The molecule has 0 N–H and O–H groups in total. The molecule has 0 bridgehead atoms. The van der Waals surface area contributed by atoms with Crippen molar-refractivity contribution in [3.05, 3.63) is 6.92 Å². The van der Waals surface area contributed by atoms with Gasteiger partial charge in [0.15, 0.2) is 0 Å². The molecule has 2 atom stereocenters. The summed E-state index contributed by atoms with van der Waals surface area (Å²) < 4.78 is 59.2. The predicted octanol–water partition coefficient (Wildman–Crippen LogP) is 3.23. The molecular weight excluding hydrogens is 179 g/mol. The molecule has 0 saturated heterocycles. The molecule has 0 aliphatic heterocycles. The number of hydrogen-bond acceptors (Lipinski definition) is 0. The van der Waals surface area contributed by atoms with Crippen molar-refractivity contribution >= 4 is 0 Å². The first kappa shape index (κ1) is 11.6. The van der Waals surface area contributed by atoms with Gasteiger partial charge in [-0.15, -0.1) is 0 Å². The molecule has 0 nitrogen and oxygen atoms in total. The van der Waals surface area contributed by atoms with Gasteiger partial charge in [0.05, 0.1) is 6.42 Å². The smallest absolute Gasteiger partial charge is 0.244 e. The van der Waals surface area contributed by atoms with Gasteiger partial charge in [-0.2, -0.15) is 13.2 Å². The summed E-state index contributed by atoms with van der Waals surface area (Å²) in [5, 5.41) is 0. The maximum atomic E-state index is 12.4.